The van der Waals surface area contributed by atoms with Crippen molar-refractivity contribution in [3.05, 3.63) is 22.3 Å². The molecule has 3 heteroatoms. The second-order valence-corrected chi connectivity index (χ2v) is 2.57. The third-order valence-electron chi connectivity index (χ3n) is 1.88. The fourth-order valence-electron chi connectivity index (χ4n) is 1.21. The Bertz CT molecular complexity index is 227. The van der Waals surface area contributed by atoms with Crippen molar-refractivity contribution in [1.29, 1.82) is 0 Å². The van der Waals surface area contributed by atoms with Crippen molar-refractivity contribution in [1.82, 2.24) is 0 Å². The average molecular weight is 151 g/mol. The summed E-state index contributed by atoms with van der Waals surface area (Å²) < 4.78 is 0. The molecular formula is C8H9NO2. The number of nitrogens with zero attached hydrogens (tertiary/aromatic N) is 1. The lowest BCUT2D eigenvalue weighted by molar-refractivity contribution is -0.528. The first-order valence-corrected chi connectivity index (χ1v) is 3.50. The van der Waals surface area contributed by atoms with Crippen LogP contribution in [0, 0.1) is 28.4 Å². The van der Waals surface area contributed by atoms with Crippen LogP contribution < -0.4 is 0 Å². The summed E-state index contributed by atoms with van der Waals surface area (Å²) in [5.74, 6) is 2.23. The van der Waals surface area contributed by atoms with E-state index in [1.54, 1.807) is 0 Å². The van der Waals surface area contributed by atoms with E-state index in [9.17, 15) is 10.1 Å². The number of nitro groups is 1. The Morgan fingerprint density at radius 3 is 2.64 bits per heavy atom. The Balaban J connectivity index is 2.71. The number of hydrogen-bond acceptors (Lipinski definition) is 2. The molecule has 0 heterocycles. The molecule has 3 nitrogen and oxygen atoms in total. The minimum atomic E-state index is -0.565. The van der Waals surface area contributed by atoms with E-state index in [1.807, 2.05) is 12.2 Å². The Hall–Kier alpha value is -1.30. The Labute approximate surface area is 65.3 Å². The summed E-state index contributed by atoms with van der Waals surface area (Å²) in [5, 5.41) is 10.4. The van der Waals surface area contributed by atoms with E-state index in [-0.39, 0.29) is 10.8 Å². The fraction of sp³-hybridized carbons (Fsp3) is 0.500. The standard InChI is InChI=1S/C8H9NO2/c1-2-7-5-3-4-6-8(7)9(10)11/h1,3-4,7-8H,5-6H2. The van der Waals surface area contributed by atoms with Crippen LogP contribution in [0.25, 0.3) is 0 Å². The van der Waals surface area contributed by atoms with Gasteiger partial charge < -0.3 is 0 Å². The SMILES string of the molecule is C#CC1CC=CCC1[N+](=O)[O-]. The van der Waals surface area contributed by atoms with Gasteiger partial charge in [0.1, 0.15) is 0 Å². The lowest BCUT2D eigenvalue weighted by Gasteiger charge is -2.16. The third kappa shape index (κ3) is 1.58. The topological polar surface area (TPSA) is 43.1 Å². The van der Waals surface area contributed by atoms with Crippen LogP contribution in [0.5, 0.6) is 0 Å². The summed E-state index contributed by atoms with van der Waals surface area (Å²) in [7, 11) is 0. The Morgan fingerprint density at radius 1 is 1.55 bits per heavy atom. The van der Waals surface area contributed by atoms with Gasteiger partial charge in [0.25, 0.3) is 0 Å². The zero-order valence-electron chi connectivity index (χ0n) is 6.06. The van der Waals surface area contributed by atoms with Gasteiger partial charge in [-0.2, -0.15) is 0 Å². The third-order valence-corrected chi connectivity index (χ3v) is 1.88. The molecule has 1 rings (SSSR count). The summed E-state index contributed by atoms with van der Waals surface area (Å²) in [6.07, 6.45) is 9.99. The molecular weight excluding hydrogens is 142 g/mol. The summed E-state index contributed by atoms with van der Waals surface area (Å²) >= 11 is 0. The van der Waals surface area contributed by atoms with Crippen molar-refractivity contribution in [3.8, 4) is 12.3 Å². The number of rotatable bonds is 1. The highest BCUT2D eigenvalue weighted by Gasteiger charge is 2.29. The molecule has 0 aromatic heterocycles. The summed E-state index contributed by atoms with van der Waals surface area (Å²) in [6.45, 7) is 0. The van der Waals surface area contributed by atoms with Gasteiger partial charge in [0, 0.05) is 11.3 Å². The smallest absolute Gasteiger partial charge is 0.230 e. The molecule has 0 aromatic carbocycles. The van der Waals surface area contributed by atoms with Gasteiger partial charge in [0.05, 0.1) is 5.92 Å². The van der Waals surface area contributed by atoms with Crippen molar-refractivity contribution in [3.63, 3.8) is 0 Å². The van der Waals surface area contributed by atoms with E-state index in [1.165, 1.54) is 0 Å². The van der Waals surface area contributed by atoms with Crippen LogP contribution in [0.15, 0.2) is 12.2 Å². The van der Waals surface area contributed by atoms with E-state index in [0.717, 1.165) is 0 Å². The largest absolute Gasteiger partial charge is 0.264 e. The number of allylic oxidation sites excluding steroid dienone is 1. The van der Waals surface area contributed by atoms with Crippen molar-refractivity contribution >= 4 is 0 Å². The second kappa shape index (κ2) is 3.20. The summed E-state index contributed by atoms with van der Waals surface area (Å²) in [6, 6.07) is -0.565. The average Bonchev–Trinajstić information content (AvgIpc) is 2.04. The van der Waals surface area contributed by atoms with Crippen LogP contribution in [0.2, 0.25) is 0 Å². The van der Waals surface area contributed by atoms with Crippen LogP contribution >= 0.6 is 0 Å². The molecule has 11 heavy (non-hydrogen) atoms. The van der Waals surface area contributed by atoms with Crippen molar-refractivity contribution in [2.24, 2.45) is 5.92 Å². The zero-order valence-corrected chi connectivity index (χ0v) is 6.06. The molecule has 0 saturated heterocycles. The number of terminal acetylenes is 1. The maximum absolute atomic E-state index is 10.4. The van der Waals surface area contributed by atoms with Crippen LogP contribution in [0.1, 0.15) is 12.8 Å². The van der Waals surface area contributed by atoms with Gasteiger partial charge in [-0.25, -0.2) is 0 Å². The zero-order chi connectivity index (χ0) is 8.27. The molecule has 0 amide bonds. The van der Waals surface area contributed by atoms with Crippen LogP contribution in [0.4, 0.5) is 0 Å². The number of hydrogen-bond donors (Lipinski definition) is 0. The molecule has 0 aliphatic heterocycles. The van der Waals surface area contributed by atoms with Gasteiger partial charge in [-0.05, 0) is 6.42 Å². The lowest BCUT2D eigenvalue weighted by Crippen LogP contribution is -2.29. The highest BCUT2D eigenvalue weighted by Crippen LogP contribution is 2.20. The van der Waals surface area contributed by atoms with E-state index in [2.05, 4.69) is 5.92 Å². The van der Waals surface area contributed by atoms with Crippen molar-refractivity contribution in [2.75, 3.05) is 0 Å². The molecule has 0 bridgehead atoms. The van der Waals surface area contributed by atoms with Gasteiger partial charge in [-0.3, -0.25) is 10.1 Å². The molecule has 1 aliphatic rings. The van der Waals surface area contributed by atoms with E-state index in [4.69, 9.17) is 6.42 Å². The maximum Gasteiger partial charge on any atom is 0.230 e. The highest BCUT2D eigenvalue weighted by molar-refractivity contribution is 5.06. The Kier molecular flexibility index (Phi) is 2.27. The monoisotopic (exact) mass is 151 g/mol. The minimum absolute atomic E-state index is 0.213. The minimum Gasteiger partial charge on any atom is -0.264 e. The van der Waals surface area contributed by atoms with Crippen LogP contribution in [-0.4, -0.2) is 11.0 Å². The lowest BCUT2D eigenvalue weighted by atomic mass is 9.90. The van der Waals surface area contributed by atoms with Crippen molar-refractivity contribution in [2.45, 2.75) is 18.9 Å². The van der Waals surface area contributed by atoms with Crippen LogP contribution in [-0.2, 0) is 0 Å². The normalized spacial score (nSPS) is 29.4. The first kappa shape index (κ1) is 7.80. The van der Waals surface area contributed by atoms with Gasteiger partial charge in [-0.15, -0.1) is 6.42 Å². The fourth-order valence-corrected chi connectivity index (χ4v) is 1.21. The van der Waals surface area contributed by atoms with Gasteiger partial charge >= 0.3 is 0 Å². The summed E-state index contributed by atoms with van der Waals surface area (Å²) in [5.41, 5.74) is 0. The van der Waals surface area contributed by atoms with Gasteiger partial charge in [0.15, 0.2) is 0 Å². The maximum atomic E-state index is 10.4. The molecule has 2 atom stereocenters. The predicted molar refractivity (Wildman–Crippen MR) is 41.5 cm³/mol. The Morgan fingerprint density at radius 2 is 2.18 bits per heavy atom. The molecule has 58 valence electrons. The molecule has 0 fully saturated rings. The molecule has 0 saturated carbocycles. The summed E-state index contributed by atoms with van der Waals surface area (Å²) in [4.78, 5) is 10.1. The van der Waals surface area contributed by atoms with Gasteiger partial charge in [-0.1, -0.05) is 18.1 Å². The van der Waals surface area contributed by atoms with E-state index in [0.29, 0.717) is 12.8 Å². The molecule has 0 aromatic rings. The predicted octanol–water partition coefficient (Wildman–Crippen LogP) is 1.23. The van der Waals surface area contributed by atoms with E-state index >= 15 is 0 Å². The second-order valence-electron chi connectivity index (χ2n) is 2.57. The van der Waals surface area contributed by atoms with E-state index < -0.39 is 6.04 Å². The molecule has 0 radical (unpaired) electrons. The molecule has 0 N–H and O–H groups in total. The highest BCUT2D eigenvalue weighted by atomic mass is 16.6. The van der Waals surface area contributed by atoms with Crippen molar-refractivity contribution < 1.29 is 4.92 Å². The first-order chi connectivity index (χ1) is 5.25. The molecule has 0 spiro atoms. The first-order valence-electron chi connectivity index (χ1n) is 3.50. The molecule has 2 unspecified atom stereocenters. The molecule has 1 aliphatic carbocycles. The van der Waals surface area contributed by atoms with Crippen LogP contribution in [0.3, 0.4) is 0 Å². The van der Waals surface area contributed by atoms with Gasteiger partial charge in [0.2, 0.25) is 6.04 Å². The quantitative estimate of drug-likeness (QED) is 0.245.